The predicted molar refractivity (Wildman–Crippen MR) is 79.2 cm³/mol. The Balaban J connectivity index is 0. The second-order valence-electron chi connectivity index (χ2n) is 4.25. The molecule has 2 aromatic carbocycles. The van der Waals surface area contributed by atoms with Gasteiger partial charge in [0.2, 0.25) is 0 Å². The minimum absolute atomic E-state index is 0. The van der Waals surface area contributed by atoms with Crippen LogP contribution in [-0.2, 0) is 31.6 Å². The molecule has 0 saturated heterocycles. The van der Waals surface area contributed by atoms with Crippen LogP contribution in [0.25, 0.3) is 0 Å². The molecule has 0 aromatic heterocycles. The van der Waals surface area contributed by atoms with E-state index < -0.39 is 0 Å². The molecule has 0 unspecified atom stereocenters. The summed E-state index contributed by atoms with van der Waals surface area (Å²) in [6.45, 7) is 0.938. The van der Waals surface area contributed by atoms with Crippen molar-refractivity contribution in [1.82, 2.24) is 5.32 Å². The summed E-state index contributed by atoms with van der Waals surface area (Å²) < 4.78 is 0. The number of phenols is 1. The number of nitrogens with one attached hydrogen (secondary N) is 1. The average Bonchev–Trinajstić information content (AvgIpc) is 2.46. The minimum atomic E-state index is -0.168. The second kappa shape index (κ2) is 10.8. The quantitative estimate of drug-likeness (QED) is 0.756. The van der Waals surface area contributed by atoms with Crippen LogP contribution in [0.1, 0.15) is 21.5 Å². The van der Waals surface area contributed by atoms with Crippen LogP contribution in [0.2, 0.25) is 0 Å². The molecule has 22 heavy (non-hydrogen) atoms. The van der Waals surface area contributed by atoms with E-state index in [-0.39, 0.29) is 41.2 Å². The van der Waals surface area contributed by atoms with Gasteiger partial charge >= 0.3 is 0 Å². The molecule has 0 aliphatic rings. The first kappa shape index (κ1) is 22.5. The van der Waals surface area contributed by atoms with Gasteiger partial charge in [-0.3, -0.25) is 4.79 Å². The number of carbonyl (C=O) groups excluding carboxylic acids is 1. The Hall–Kier alpha value is -1.83. The van der Waals surface area contributed by atoms with Gasteiger partial charge < -0.3 is 27.1 Å². The van der Waals surface area contributed by atoms with Crippen molar-refractivity contribution in [3.63, 3.8) is 0 Å². The van der Waals surface area contributed by atoms with Gasteiger partial charge in [-0.2, -0.15) is 0 Å². The van der Waals surface area contributed by atoms with Gasteiger partial charge in [-0.25, -0.2) is 0 Å². The Morgan fingerprint density at radius 3 is 2.27 bits per heavy atom. The fourth-order valence-corrected chi connectivity index (χ4v) is 1.76. The molecule has 1 amide bonds. The minimum Gasteiger partial charge on any atom is -0.870 e. The fourth-order valence-electron chi connectivity index (χ4n) is 1.76. The van der Waals surface area contributed by atoms with E-state index in [1.165, 1.54) is 12.1 Å². The van der Waals surface area contributed by atoms with Gasteiger partial charge in [0.1, 0.15) is 5.75 Å². The van der Waals surface area contributed by atoms with Crippen molar-refractivity contribution < 1.29 is 39.4 Å². The largest absolute Gasteiger partial charge is 0.870 e. The van der Waals surface area contributed by atoms with E-state index in [1.54, 1.807) is 12.1 Å². The molecule has 0 atom stereocenters. The smallest absolute Gasteiger partial charge is 0.251 e. The molecule has 0 saturated carbocycles. The summed E-state index contributed by atoms with van der Waals surface area (Å²) in [6, 6.07) is 13.9. The van der Waals surface area contributed by atoms with E-state index in [1.807, 2.05) is 24.3 Å². The number of nitrogens with two attached hydrogens (primary N) is 1. The summed E-state index contributed by atoms with van der Waals surface area (Å²) in [5, 5.41) is 12.0. The first-order valence-corrected chi connectivity index (χ1v) is 6.04. The number of benzene rings is 2. The van der Waals surface area contributed by atoms with Crippen LogP contribution in [0.5, 0.6) is 5.75 Å². The number of amides is 1. The van der Waals surface area contributed by atoms with Gasteiger partial charge in [0, 0.05) is 37.2 Å². The molecular formula is C15H19N2O4V-. The molecule has 119 valence electrons. The summed E-state index contributed by atoms with van der Waals surface area (Å²) in [4.78, 5) is 11.9. The molecule has 2 aromatic rings. The molecule has 0 heterocycles. The van der Waals surface area contributed by atoms with Crippen LogP contribution in [-0.4, -0.2) is 22.0 Å². The number of carbonyl (C=O) groups is 1. The van der Waals surface area contributed by atoms with Crippen LogP contribution < -0.4 is 11.1 Å². The normalized spacial score (nSPS) is 8.77. The molecule has 2 rings (SSSR count). The van der Waals surface area contributed by atoms with Gasteiger partial charge in [0.25, 0.3) is 5.91 Å². The van der Waals surface area contributed by atoms with E-state index in [0.717, 1.165) is 11.1 Å². The van der Waals surface area contributed by atoms with Crippen molar-refractivity contribution in [2.24, 2.45) is 5.73 Å². The average molecular weight is 342 g/mol. The number of hydrogen-bond donors (Lipinski definition) is 3. The Labute approximate surface area is 140 Å². The van der Waals surface area contributed by atoms with E-state index in [4.69, 9.17) is 10.8 Å². The van der Waals surface area contributed by atoms with Gasteiger partial charge in [-0.1, -0.05) is 24.3 Å². The Morgan fingerprint density at radius 2 is 1.68 bits per heavy atom. The van der Waals surface area contributed by atoms with E-state index in [9.17, 15) is 4.79 Å². The number of rotatable bonds is 4. The first-order valence-electron chi connectivity index (χ1n) is 6.04. The molecule has 7 N–H and O–H groups in total. The van der Waals surface area contributed by atoms with E-state index in [0.29, 0.717) is 18.7 Å². The zero-order valence-electron chi connectivity index (χ0n) is 11.9. The van der Waals surface area contributed by atoms with Crippen molar-refractivity contribution in [3.05, 3.63) is 65.2 Å². The van der Waals surface area contributed by atoms with Crippen molar-refractivity contribution in [1.29, 1.82) is 0 Å². The molecule has 0 fully saturated rings. The Morgan fingerprint density at radius 1 is 1.09 bits per heavy atom. The van der Waals surface area contributed by atoms with Crippen LogP contribution in [0, 0.1) is 0 Å². The summed E-state index contributed by atoms with van der Waals surface area (Å²) in [5.41, 5.74) is 8.14. The van der Waals surface area contributed by atoms with Crippen molar-refractivity contribution in [3.8, 4) is 5.75 Å². The maximum absolute atomic E-state index is 11.9. The standard InChI is InChI=1S/C15H16N2O2.2H2O.V/c16-9-11-2-1-3-12(8-11)10-17-15(19)13-4-6-14(18)7-5-13;;;/h1-8,18H,9-10,16H2,(H,17,19);2*1H2;/p-1. The molecule has 0 bridgehead atoms. The van der Waals surface area contributed by atoms with Crippen LogP contribution in [0.3, 0.4) is 0 Å². The SMILES string of the molecule is NCc1cccc(CNC(=O)c2ccc(O)cc2)c1.O.[OH-].[V]. The number of phenolic OH excluding ortho intramolecular Hbond substituents is 1. The molecular weight excluding hydrogens is 323 g/mol. The third-order valence-electron chi connectivity index (χ3n) is 2.81. The molecule has 0 aliphatic carbocycles. The maximum atomic E-state index is 11.9. The van der Waals surface area contributed by atoms with Crippen molar-refractivity contribution >= 4 is 5.91 Å². The predicted octanol–water partition coefficient (Wildman–Crippen LogP) is 0.777. The van der Waals surface area contributed by atoms with Crippen LogP contribution >= 0.6 is 0 Å². The van der Waals surface area contributed by atoms with Crippen molar-refractivity contribution in [2.75, 3.05) is 0 Å². The van der Waals surface area contributed by atoms with Crippen LogP contribution in [0.15, 0.2) is 48.5 Å². The third-order valence-corrected chi connectivity index (χ3v) is 2.81. The fraction of sp³-hybridized carbons (Fsp3) is 0.133. The second-order valence-corrected chi connectivity index (χ2v) is 4.25. The molecule has 0 aliphatic heterocycles. The van der Waals surface area contributed by atoms with Gasteiger partial charge in [-0.15, -0.1) is 0 Å². The molecule has 6 nitrogen and oxygen atoms in total. The molecule has 7 heteroatoms. The first-order chi connectivity index (χ1) is 9.19. The number of hydrogen-bond acceptors (Lipinski definition) is 4. The Bertz CT molecular complexity index is 576. The Kier molecular flexibility index (Phi) is 11.1. The monoisotopic (exact) mass is 342 g/mol. The van der Waals surface area contributed by atoms with E-state index >= 15 is 0 Å². The van der Waals surface area contributed by atoms with Gasteiger partial charge in [0.05, 0.1) is 0 Å². The summed E-state index contributed by atoms with van der Waals surface area (Å²) in [7, 11) is 0. The zero-order chi connectivity index (χ0) is 13.7. The summed E-state index contributed by atoms with van der Waals surface area (Å²) in [5.74, 6) is -0.0228. The molecule has 0 spiro atoms. The maximum Gasteiger partial charge on any atom is 0.251 e. The topological polar surface area (TPSA) is 137 Å². The van der Waals surface area contributed by atoms with E-state index in [2.05, 4.69) is 5.32 Å². The summed E-state index contributed by atoms with van der Waals surface area (Å²) in [6.07, 6.45) is 0. The zero-order valence-corrected chi connectivity index (χ0v) is 13.3. The molecule has 1 radical (unpaired) electrons. The third kappa shape index (κ3) is 6.30. The van der Waals surface area contributed by atoms with Gasteiger partial charge in [0.15, 0.2) is 0 Å². The summed E-state index contributed by atoms with van der Waals surface area (Å²) >= 11 is 0. The number of aromatic hydroxyl groups is 1. The van der Waals surface area contributed by atoms with Crippen LogP contribution in [0.4, 0.5) is 0 Å². The van der Waals surface area contributed by atoms with Gasteiger partial charge in [-0.05, 0) is 35.4 Å². The van der Waals surface area contributed by atoms with Crippen molar-refractivity contribution in [2.45, 2.75) is 13.1 Å².